The maximum Gasteiger partial charge on any atom is 0.416 e. The van der Waals surface area contributed by atoms with Crippen LogP contribution in [0, 0.1) is 6.92 Å². The molecular formula is C27H30N2O7S. The molecule has 2 heterocycles. The Morgan fingerprint density at radius 1 is 1.24 bits per heavy atom. The summed E-state index contributed by atoms with van der Waals surface area (Å²) in [4.78, 5) is 29.6. The molecule has 0 saturated carbocycles. The van der Waals surface area contributed by atoms with Gasteiger partial charge in [-0.1, -0.05) is 37.8 Å². The lowest BCUT2D eigenvalue weighted by Crippen LogP contribution is -2.54. The highest BCUT2D eigenvalue weighted by molar-refractivity contribution is 7.91. The fourth-order valence-electron chi connectivity index (χ4n) is 4.68. The lowest BCUT2D eigenvalue weighted by Gasteiger charge is -2.38. The first-order valence-corrected chi connectivity index (χ1v) is 13.5. The Morgan fingerprint density at radius 3 is 2.57 bits per heavy atom. The van der Waals surface area contributed by atoms with Crippen LogP contribution in [0.15, 0.2) is 60.0 Å². The SMILES string of the molecule is C=CCOC(=O)N1c2cc(C)c(OC)cc2C(=O)N2CC=C(c3ccc(S(=O)(=O)CC)cc3)C[C@H]2C1O. The summed E-state index contributed by atoms with van der Waals surface area (Å²) in [5.74, 6) is 0.133. The number of ether oxygens (including phenoxy) is 2. The number of hydrogen-bond donors (Lipinski definition) is 1. The van der Waals surface area contributed by atoms with Crippen LogP contribution >= 0.6 is 0 Å². The van der Waals surface area contributed by atoms with Crippen molar-refractivity contribution in [3.63, 3.8) is 0 Å². The molecule has 10 heteroatoms. The largest absolute Gasteiger partial charge is 0.496 e. The molecule has 1 unspecified atom stereocenters. The van der Waals surface area contributed by atoms with E-state index in [-0.39, 0.29) is 47.4 Å². The van der Waals surface area contributed by atoms with Gasteiger partial charge in [-0.25, -0.2) is 18.1 Å². The number of aliphatic hydroxyl groups excluding tert-OH is 1. The summed E-state index contributed by atoms with van der Waals surface area (Å²) in [5, 5.41) is 11.5. The van der Waals surface area contributed by atoms with Gasteiger partial charge in [0.05, 0.1) is 35.1 Å². The second-order valence-corrected chi connectivity index (χ2v) is 11.2. The molecule has 0 radical (unpaired) electrons. The van der Waals surface area contributed by atoms with Crippen molar-refractivity contribution in [1.82, 2.24) is 4.90 Å². The van der Waals surface area contributed by atoms with Gasteiger partial charge in [-0.05, 0) is 54.3 Å². The van der Waals surface area contributed by atoms with Crippen molar-refractivity contribution in [3.8, 4) is 5.75 Å². The second-order valence-electron chi connectivity index (χ2n) is 8.87. The normalized spacial score (nSPS) is 19.4. The monoisotopic (exact) mass is 526 g/mol. The molecule has 0 fully saturated rings. The predicted molar refractivity (Wildman–Crippen MR) is 139 cm³/mol. The number of fused-ring (bicyclic) bond motifs is 2. The number of benzene rings is 2. The van der Waals surface area contributed by atoms with Gasteiger partial charge >= 0.3 is 6.09 Å². The third kappa shape index (κ3) is 4.86. The van der Waals surface area contributed by atoms with E-state index < -0.39 is 28.2 Å². The van der Waals surface area contributed by atoms with Crippen molar-refractivity contribution >= 4 is 33.1 Å². The number of methoxy groups -OCH3 is 1. The Hall–Kier alpha value is -3.63. The lowest BCUT2D eigenvalue weighted by molar-refractivity contribution is 0.0397. The van der Waals surface area contributed by atoms with Crippen LogP contribution in [-0.2, 0) is 14.6 Å². The fraction of sp³-hybridized carbons (Fsp3) is 0.333. The third-order valence-electron chi connectivity index (χ3n) is 6.72. The number of nitrogens with zero attached hydrogens (tertiary/aromatic N) is 2. The smallest absolute Gasteiger partial charge is 0.416 e. The average Bonchev–Trinajstić information content (AvgIpc) is 2.99. The van der Waals surface area contributed by atoms with Crippen LogP contribution in [0.5, 0.6) is 5.75 Å². The molecular weight excluding hydrogens is 496 g/mol. The molecule has 4 rings (SSSR count). The van der Waals surface area contributed by atoms with E-state index >= 15 is 0 Å². The highest BCUT2D eigenvalue weighted by Gasteiger charge is 2.44. The van der Waals surface area contributed by atoms with Crippen LogP contribution in [0.2, 0.25) is 0 Å². The maximum absolute atomic E-state index is 13.7. The minimum Gasteiger partial charge on any atom is -0.496 e. The van der Waals surface area contributed by atoms with E-state index in [4.69, 9.17) is 9.47 Å². The highest BCUT2D eigenvalue weighted by atomic mass is 32.2. The van der Waals surface area contributed by atoms with E-state index in [1.54, 1.807) is 50.2 Å². The van der Waals surface area contributed by atoms with Crippen molar-refractivity contribution in [2.75, 3.05) is 30.9 Å². The van der Waals surface area contributed by atoms with Crippen molar-refractivity contribution in [3.05, 3.63) is 71.8 Å². The van der Waals surface area contributed by atoms with Gasteiger partial charge in [-0.15, -0.1) is 0 Å². The summed E-state index contributed by atoms with van der Waals surface area (Å²) in [6.45, 7) is 7.06. The molecule has 2 aromatic rings. The number of anilines is 1. The van der Waals surface area contributed by atoms with Crippen molar-refractivity contribution < 1.29 is 32.6 Å². The quantitative estimate of drug-likeness (QED) is 0.573. The second kappa shape index (κ2) is 10.4. The molecule has 2 aromatic carbocycles. The number of aliphatic hydroxyl groups is 1. The highest BCUT2D eigenvalue weighted by Crippen LogP contribution is 2.39. The van der Waals surface area contributed by atoms with Gasteiger partial charge in [0.15, 0.2) is 16.1 Å². The van der Waals surface area contributed by atoms with E-state index in [1.165, 1.54) is 18.1 Å². The summed E-state index contributed by atoms with van der Waals surface area (Å²) in [6.07, 6.45) is 1.32. The Labute approximate surface area is 216 Å². The summed E-state index contributed by atoms with van der Waals surface area (Å²) in [5.41, 5.74) is 2.73. The number of hydrogen-bond acceptors (Lipinski definition) is 7. The van der Waals surface area contributed by atoms with Crippen molar-refractivity contribution in [2.45, 2.75) is 37.4 Å². The first-order valence-electron chi connectivity index (χ1n) is 11.9. The zero-order valence-electron chi connectivity index (χ0n) is 21.0. The lowest BCUT2D eigenvalue weighted by atomic mass is 9.93. The van der Waals surface area contributed by atoms with E-state index in [9.17, 15) is 23.1 Å². The van der Waals surface area contributed by atoms with Crippen LogP contribution in [-0.4, -0.2) is 68.7 Å². The van der Waals surface area contributed by atoms with Crippen LogP contribution < -0.4 is 9.64 Å². The van der Waals surface area contributed by atoms with Gasteiger partial charge in [0.1, 0.15) is 12.4 Å². The molecule has 2 aliphatic heterocycles. The summed E-state index contributed by atoms with van der Waals surface area (Å²) < 4.78 is 35.1. The molecule has 2 aliphatic rings. The molecule has 0 aliphatic carbocycles. The molecule has 0 aromatic heterocycles. The van der Waals surface area contributed by atoms with Crippen molar-refractivity contribution in [1.29, 1.82) is 0 Å². The van der Waals surface area contributed by atoms with E-state index in [0.717, 1.165) is 16.0 Å². The maximum atomic E-state index is 13.7. The van der Waals surface area contributed by atoms with Gasteiger partial charge in [-0.2, -0.15) is 0 Å². The van der Waals surface area contributed by atoms with Crippen LogP contribution in [0.3, 0.4) is 0 Å². The molecule has 0 saturated heterocycles. The zero-order chi connectivity index (χ0) is 26.9. The molecule has 1 N–H and O–H groups in total. The van der Waals surface area contributed by atoms with E-state index in [2.05, 4.69) is 6.58 Å². The molecule has 0 spiro atoms. The fourth-order valence-corrected chi connectivity index (χ4v) is 5.56. The third-order valence-corrected chi connectivity index (χ3v) is 8.47. The summed E-state index contributed by atoms with van der Waals surface area (Å²) in [7, 11) is -1.84. The number of amides is 2. The van der Waals surface area contributed by atoms with Gasteiger partial charge in [0, 0.05) is 6.54 Å². The zero-order valence-corrected chi connectivity index (χ0v) is 21.8. The number of aryl methyl sites for hydroxylation is 1. The van der Waals surface area contributed by atoms with Gasteiger partial charge in [0.25, 0.3) is 5.91 Å². The number of carbonyl (C=O) groups excluding carboxylic acids is 2. The van der Waals surface area contributed by atoms with E-state index in [1.807, 2.05) is 6.08 Å². The average molecular weight is 527 g/mol. The molecule has 9 nitrogen and oxygen atoms in total. The minimum absolute atomic E-state index is 0.00296. The van der Waals surface area contributed by atoms with Crippen LogP contribution in [0.1, 0.15) is 34.8 Å². The first kappa shape index (κ1) is 26.4. The summed E-state index contributed by atoms with van der Waals surface area (Å²) >= 11 is 0. The van der Waals surface area contributed by atoms with Crippen molar-refractivity contribution in [2.24, 2.45) is 0 Å². The predicted octanol–water partition coefficient (Wildman–Crippen LogP) is 3.56. The molecule has 37 heavy (non-hydrogen) atoms. The topological polar surface area (TPSA) is 113 Å². The van der Waals surface area contributed by atoms with Gasteiger partial charge in [0.2, 0.25) is 0 Å². The first-order chi connectivity index (χ1) is 17.6. The molecule has 0 bridgehead atoms. The van der Waals surface area contributed by atoms with Gasteiger partial charge in [-0.3, -0.25) is 4.79 Å². The molecule has 2 atom stereocenters. The molecule has 196 valence electrons. The van der Waals surface area contributed by atoms with Crippen LogP contribution in [0.25, 0.3) is 5.57 Å². The Balaban J connectivity index is 1.75. The van der Waals surface area contributed by atoms with E-state index in [0.29, 0.717) is 11.3 Å². The van der Waals surface area contributed by atoms with Crippen LogP contribution in [0.4, 0.5) is 10.5 Å². The Kier molecular flexibility index (Phi) is 7.42. The standard InChI is InChI=1S/C27H30N2O7S/c1-5-13-36-27(32)29-22-14-17(3)24(35-4)16-21(22)25(30)28-12-11-19(15-23(28)26(29)31)18-7-9-20(10-8-18)37(33,34)6-2/h5,7-11,14,16,23,26,31H,1,6,12-13,15H2,2-4H3/t23-,26?/m0/s1. The summed E-state index contributed by atoms with van der Waals surface area (Å²) in [6, 6.07) is 8.97. The number of sulfone groups is 1. The Bertz CT molecular complexity index is 1370. The minimum atomic E-state index is -3.34. The number of rotatable bonds is 6. The number of carbonyl (C=O) groups is 2. The van der Waals surface area contributed by atoms with Gasteiger partial charge < -0.3 is 19.5 Å². The molecule has 2 amide bonds. The Morgan fingerprint density at radius 2 is 1.95 bits per heavy atom.